The second kappa shape index (κ2) is 11.1. The minimum atomic E-state index is -0.506. The number of nitrogens with zero attached hydrogens (tertiary/aromatic N) is 2. The van der Waals surface area contributed by atoms with Gasteiger partial charge in [-0.15, -0.1) is 0 Å². The van der Waals surface area contributed by atoms with Gasteiger partial charge < -0.3 is 4.74 Å². The predicted octanol–water partition coefficient (Wildman–Crippen LogP) is 10.1. The van der Waals surface area contributed by atoms with Gasteiger partial charge in [0.2, 0.25) is 0 Å². The van der Waals surface area contributed by atoms with E-state index in [0.717, 1.165) is 45.8 Å². The average Bonchev–Trinajstić information content (AvgIpc) is 3.24. The first-order valence-corrected chi connectivity index (χ1v) is 15.6. The molecule has 1 aliphatic rings. The van der Waals surface area contributed by atoms with Crippen molar-refractivity contribution >= 4 is 22.5 Å². The van der Waals surface area contributed by atoms with E-state index in [9.17, 15) is 0 Å². The molecule has 44 heavy (non-hydrogen) atoms. The third-order valence-corrected chi connectivity index (χ3v) is 9.61. The summed E-state index contributed by atoms with van der Waals surface area (Å²) in [5.41, 5.74) is 6.15. The SMILES string of the molecule is c1ccc(C2(c3cccc(Oc4cccc(-c5cc6ccccc6cn5)c4)c3)Cc3ccccc3Sc3ccccc32)nc1. The maximum atomic E-state index is 6.58. The topological polar surface area (TPSA) is 35.0 Å². The number of fused-ring (bicyclic) bond motifs is 3. The Morgan fingerprint density at radius 1 is 0.591 bits per heavy atom. The Labute approximate surface area is 261 Å². The molecule has 2 aromatic heterocycles. The fraction of sp³-hybridized carbons (Fsp3) is 0.0500. The molecule has 0 saturated heterocycles. The van der Waals surface area contributed by atoms with E-state index in [4.69, 9.17) is 14.7 Å². The van der Waals surface area contributed by atoms with E-state index in [2.05, 4.69) is 115 Å². The number of hydrogen-bond acceptors (Lipinski definition) is 4. The van der Waals surface area contributed by atoms with Crippen LogP contribution >= 0.6 is 11.8 Å². The standard InChI is InChI=1S/C40H28N2OS/c1-2-13-31-27-42-36(24-28(31)11-1)29-14-9-16-33(23-29)43-34-17-10-15-32(25-34)40(39-21-7-8-22-41-39)26-30-12-3-5-19-37(30)44-38-20-6-4-18-35(38)40/h1-25,27H,26H2. The predicted molar refractivity (Wildman–Crippen MR) is 179 cm³/mol. The van der Waals surface area contributed by atoms with E-state index in [1.54, 1.807) is 0 Å². The van der Waals surface area contributed by atoms with E-state index in [1.807, 2.05) is 54.5 Å². The lowest BCUT2D eigenvalue weighted by molar-refractivity contribution is 0.479. The van der Waals surface area contributed by atoms with Crippen LogP contribution in [0.2, 0.25) is 0 Å². The lowest BCUT2D eigenvalue weighted by atomic mass is 9.68. The Morgan fingerprint density at radius 3 is 2.23 bits per heavy atom. The van der Waals surface area contributed by atoms with Crippen molar-refractivity contribution in [3.8, 4) is 22.8 Å². The number of benzene rings is 5. The van der Waals surface area contributed by atoms with Gasteiger partial charge in [-0.05, 0) is 83.1 Å². The second-order valence-corrected chi connectivity index (χ2v) is 12.2. The Bertz CT molecular complexity index is 2130. The quantitative estimate of drug-likeness (QED) is 0.202. The smallest absolute Gasteiger partial charge is 0.128 e. The summed E-state index contributed by atoms with van der Waals surface area (Å²) in [6, 6.07) is 50.8. The zero-order valence-electron chi connectivity index (χ0n) is 23.9. The Kier molecular flexibility index (Phi) is 6.69. The van der Waals surface area contributed by atoms with Crippen LogP contribution in [0.25, 0.3) is 22.0 Å². The molecule has 0 N–H and O–H groups in total. The summed E-state index contributed by atoms with van der Waals surface area (Å²) in [5, 5.41) is 2.29. The number of aromatic nitrogens is 2. The van der Waals surface area contributed by atoms with Crippen molar-refractivity contribution in [1.29, 1.82) is 0 Å². The highest BCUT2D eigenvalue weighted by atomic mass is 32.2. The van der Waals surface area contributed by atoms with E-state index in [-0.39, 0.29) is 0 Å². The summed E-state index contributed by atoms with van der Waals surface area (Å²) >= 11 is 1.84. The number of rotatable bonds is 5. The van der Waals surface area contributed by atoms with E-state index >= 15 is 0 Å². The summed E-state index contributed by atoms with van der Waals surface area (Å²) in [6.45, 7) is 0. The highest BCUT2D eigenvalue weighted by Crippen LogP contribution is 2.50. The van der Waals surface area contributed by atoms with Gasteiger partial charge in [0.1, 0.15) is 11.5 Å². The zero-order chi connectivity index (χ0) is 29.3. The van der Waals surface area contributed by atoms with Crippen molar-refractivity contribution in [2.75, 3.05) is 0 Å². The molecular weight excluding hydrogens is 557 g/mol. The van der Waals surface area contributed by atoms with Crippen molar-refractivity contribution in [3.63, 3.8) is 0 Å². The van der Waals surface area contributed by atoms with Crippen LogP contribution in [0.3, 0.4) is 0 Å². The Balaban J connectivity index is 1.23. The Hall–Kier alpha value is -5.19. The highest BCUT2D eigenvalue weighted by molar-refractivity contribution is 7.99. The van der Waals surface area contributed by atoms with Crippen LogP contribution in [0, 0.1) is 0 Å². The van der Waals surface area contributed by atoms with Gasteiger partial charge in [0.15, 0.2) is 0 Å². The molecule has 1 aliphatic heterocycles. The summed E-state index contributed by atoms with van der Waals surface area (Å²) in [4.78, 5) is 12.2. The van der Waals surface area contributed by atoms with Crippen LogP contribution < -0.4 is 4.74 Å². The molecule has 0 spiro atoms. The zero-order valence-corrected chi connectivity index (χ0v) is 24.7. The average molecular weight is 585 g/mol. The van der Waals surface area contributed by atoms with Gasteiger partial charge in [-0.25, -0.2) is 0 Å². The van der Waals surface area contributed by atoms with Crippen LogP contribution in [0.1, 0.15) is 22.4 Å². The van der Waals surface area contributed by atoms with Gasteiger partial charge in [-0.3, -0.25) is 9.97 Å². The maximum Gasteiger partial charge on any atom is 0.128 e. The molecule has 5 aromatic carbocycles. The number of hydrogen-bond donors (Lipinski definition) is 0. The fourth-order valence-electron chi connectivity index (χ4n) is 6.33. The molecule has 3 nitrogen and oxygen atoms in total. The molecule has 0 aliphatic carbocycles. The second-order valence-electron chi connectivity index (χ2n) is 11.1. The Morgan fingerprint density at radius 2 is 1.34 bits per heavy atom. The van der Waals surface area contributed by atoms with Crippen molar-refractivity contribution < 1.29 is 4.74 Å². The van der Waals surface area contributed by atoms with Gasteiger partial charge in [-0.2, -0.15) is 0 Å². The summed E-state index contributed by atoms with van der Waals surface area (Å²) in [5.74, 6) is 1.55. The molecule has 8 rings (SSSR count). The molecule has 4 heteroatoms. The first-order chi connectivity index (χ1) is 21.8. The minimum absolute atomic E-state index is 0.506. The van der Waals surface area contributed by atoms with Crippen LogP contribution in [0.15, 0.2) is 168 Å². The molecule has 7 aromatic rings. The molecule has 210 valence electrons. The van der Waals surface area contributed by atoms with E-state index in [0.29, 0.717) is 0 Å². The van der Waals surface area contributed by atoms with Gasteiger partial charge in [0.05, 0.1) is 16.8 Å². The molecule has 0 saturated carbocycles. The molecular formula is C40H28N2OS. The van der Waals surface area contributed by atoms with Crippen LogP contribution in [0.5, 0.6) is 11.5 Å². The summed E-state index contributed by atoms with van der Waals surface area (Å²) < 4.78 is 6.58. The summed E-state index contributed by atoms with van der Waals surface area (Å²) in [7, 11) is 0. The van der Waals surface area contributed by atoms with Crippen LogP contribution in [-0.4, -0.2) is 9.97 Å². The molecule has 0 bridgehead atoms. The monoisotopic (exact) mass is 584 g/mol. The third-order valence-electron chi connectivity index (χ3n) is 8.42. The highest BCUT2D eigenvalue weighted by Gasteiger charge is 2.42. The molecule has 3 heterocycles. The van der Waals surface area contributed by atoms with Crippen molar-refractivity contribution in [2.24, 2.45) is 0 Å². The first-order valence-electron chi connectivity index (χ1n) is 14.8. The lowest BCUT2D eigenvalue weighted by Crippen LogP contribution is -2.33. The molecule has 0 radical (unpaired) electrons. The fourth-order valence-corrected chi connectivity index (χ4v) is 7.48. The van der Waals surface area contributed by atoms with Gasteiger partial charge in [0.25, 0.3) is 0 Å². The third kappa shape index (κ3) is 4.74. The van der Waals surface area contributed by atoms with Crippen molar-refractivity contribution in [2.45, 2.75) is 21.6 Å². The molecule has 0 amide bonds. The van der Waals surface area contributed by atoms with Crippen molar-refractivity contribution in [1.82, 2.24) is 9.97 Å². The van der Waals surface area contributed by atoms with Gasteiger partial charge in [-0.1, -0.05) is 103 Å². The van der Waals surface area contributed by atoms with E-state index < -0.39 is 5.41 Å². The lowest BCUT2D eigenvalue weighted by Gasteiger charge is -2.35. The summed E-state index contributed by atoms with van der Waals surface area (Å²) in [6.07, 6.45) is 4.62. The van der Waals surface area contributed by atoms with Crippen molar-refractivity contribution in [3.05, 3.63) is 180 Å². The first kappa shape index (κ1) is 26.4. The van der Waals surface area contributed by atoms with Crippen LogP contribution in [0.4, 0.5) is 0 Å². The van der Waals surface area contributed by atoms with Gasteiger partial charge >= 0.3 is 0 Å². The number of ether oxygens (including phenoxy) is 1. The minimum Gasteiger partial charge on any atom is -0.457 e. The normalized spacial score (nSPS) is 15.6. The molecule has 0 fully saturated rings. The van der Waals surface area contributed by atoms with E-state index in [1.165, 1.54) is 26.3 Å². The van der Waals surface area contributed by atoms with Crippen LogP contribution in [-0.2, 0) is 11.8 Å². The van der Waals surface area contributed by atoms with Gasteiger partial charge in [0, 0.05) is 33.1 Å². The number of pyridine rings is 2. The maximum absolute atomic E-state index is 6.58. The molecule has 1 atom stereocenters. The molecule has 1 unspecified atom stereocenters. The largest absolute Gasteiger partial charge is 0.457 e.